The first-order chi connectivity index (χ1) is 12.4. The van der Waals surface area contributed by atoms with Crippen LogP contribution in [-0.2, 0) is 4.74 Å². The highest BCUT2D eigenvalue weighted by molar-refractivity contribution is 7.80. The van der Waals surface area contributed by atoms with Gasteiger partial charge in [0.15, 0.2) is 0 Å². The molecule has 0 saturated carbocycles. The number of nitrogens with zero attached hydrogens (tertiary/aromatic N) is 1. The van der Waals surface area contributed by atoms with Crippen molar-refractivity contribution in [3.8, 4) is 0 Å². The topological polar surface area (TPSA) is 58.6 Å². The second-order valence-electron chi connectivity index (χ2n) is 6.04. The van der Waals surface area contributed by atoms with Gasteiger partial charge in [-0.25, -0.2) is 0 Å². The van der Waals surface area contributed by atoms with Gasteiger partial charge in [-0.3, -0.25) is 14.5 Å². The number of carbonyl (C=O) groups is 2. The van der Waals surface area contributed by atoms with E-state index in [0.717, 1.165) is 11.1 Å². The minimum Gasteiger partial charge on any atom is -0.469 e. The fourth-order valence-corrected chi connectivity index (χ4v) is 3.04. The van der Waals surface area contributed by atoms with Gasteiger partial charge in [-0.15, -0.1) is 0 Å². The summed E-state index contributed by atoms with van der Waals surface area (Å²) in [5.41, 5.74) is 3.47. The van der Waals surface area contributed by atoms with Crippen molar-refractivity contribution in [3.63, 3.8) is 0 Å². The minimum absolute atomic E-state index is 0.107. The number of fused-ring (bicyclic) bond motifs is 1. The van der Waals surface area contributed by atoms with Crippen molar-refractivity contribution in [1.29, 1.82) is 0 Å². The number of imide groups is 1. The van der Waals surface area contributed by atoms with Gasteiger partial charge < -0.3 is 10.1 Å². The molecule has 3 rings (SSSR count). The predicted molar refractivity (Wildman–Crippen MR) is 105 cm³/mol. The zero-order chi connectivity index (χ0) is 18.8. The van der Waals surface area contributed by atoms with Gasteiger partial charge in [-0.05, 0) is 55.9 Å². The Balaban J connectivity index is 1.55. The van der Waals surface area contributed by atoms with Crippen molar-refractivity contribution in [3.05, 3.63) is 63.7 Å². The maximum atomic E-state index is 12.4. The molecule has 5 nitrogen and oxygen atoms in total. The molecule has 1 aliphatic heterocycles. The minimum atomic E-state index is -0.308. The van der Waals surface area contributed by atoms with Gasteiger partial charge in [-0.1, -0.05) is 29.3 Å². The number of benzene rings is 2. The molecule has 0 unspecified atom stereocenters. The number of thiocarbonyl (C=S) groups is 1. The van der Waals surface area contributed by atoms with Crippen LogP contribution < -0.4 is 5.32 Å². The fourth-order valence-electron chi connectivity index (χ4n) is 2.66. The van der Waals surface area contributed by atoms with Crippen molar-refractivity contribution >= 4 is 46.5 Å². The number of ether oxygens (including phenoxy) is 1. The first-order valence-corrected chi connectivity index (χ1v) is 8.82. The number of halogens is 1. The normalized spacial score (nSPS) is 13.0. The Morgan fingerprint density at radius 1 is 1.12 bits per heavy atom. The third-order valence-corrected chi connectivity index (χ3v) is 4.72. The number of rotatable bonds is 4. The SMILES string of the molecule is Cc1ccc2c(c1)C(=O)N(CCOC(=S)Nc1ccc(C)c(Cl)c1)C2=O. The molecule has 26 heavy (non-hydrogen) atoms. The summed E-state index contributed by atoms with van der Waals surface area (Å²) < 4.78 is 5.43. The van der Waals surface area contributed by atoms with E-state index >= 15 is 0 Å². The molecule has 0 spiro atoms. The number of hydrogen-bond acceptors (Lipinski definition) is 4. The number of nitrogens with one attached hydrogen (secondary N) is 1. The Labute approximate surface area is 161 Å². The first kappa shape index (κ1) is 18.4. The van der Waals surface area contributed by atoms with E-state index in [4.69, 9.17) is 28.6 Å². The third kappa shape index (κ3) is 3.71. The summed E-state index contributed by atoms with van der Waals surface area (Å²) in [7, 11) is 0. The van der Waals surface area contributed by atoms with Crippen LogP contribution in [0.25, 0.3) is 0 Å². The quantitative estimate of drug-likeness (QED) is 0.634. The Kier molecular flexibility index (Phi) is 5.25. The molecule has 0 saturated heterocycles. The molecule has 2 amide bonds. The van der Waals surface area contributed by atoms with Crippen LogP contribution >= 0.6 is 23.8 Å². The van der Waals surface area contributed by atoms with Gasteiger partial charge in [0.1, 0.15) is 6.61 Å². The van der Waals surface area contributed by atoms with E-state index in [1.165, 1.54) is 4.90 Å². The van der Waals surface area contributed by atoms with Crippen LogP contribution in [-0.4, -0.2) is 35.0 Å². The molecule has 0 fully saturated rings. The lowest BCUT2D eigenvalue weighted by molar-refractivity contribution is 0.0629. The molecule has 7 heteroatoms. The van der Waals surface area contributed by atoms with Crippen LogP contribution in [0.1, 0.15) is 31.8 Å². The second-order valence-corrected chi connectivity index (χ2v) is 6.81. The monoisotopic (exact) mass is 388 g/mol. The van der Waals surface area contributed by atoms with Gasteiger partial charge >= 0.3 is 0 Å². The third-order valence-electron chi connectivity index (χ3n) is 4.09. The molecular formula is C19H17ClN2O3S. The molecule has 1 heterocycles. The maximum absolute atomic E-state index is 12.4. The number of carbonyl (C=O) groups excluding carboxylic acids is 2. The summed E-state index contributed by atoms with van der Waals surface area (Å²) in [6, 6.07) is 10.7. The average Bonchev–Trinajstić information content (AvgIpc) is 2.82. The number of hydrogen-bond donors (Lipinski definition) is 1. The molecular weight excluding hydrogens is 372 g/mol. The highest BCUT2D eigenvalue weighted by atomic mass is 35.5. The summed E-state index contributed by atoms with van der Waals surface area (Å²) in [5.74, 6) is -0.612. The standard InChI is InChI=1S/C19H17ClN2O3S/c1-11-3-6-14-15(9-11)18(24)22(17(14)23)7-8-25-19(26)21-13-5-4-12(2)16(20)10-13/h3-6,9-10H,7-8H2,1-2H3,(H,21,26). The van der Waals surface area contributed by atoms with Crippen molar-refractivity contribution in [2.45, 2.75) is 13.8 Å². The van der Waals surface area contributed by atoms with Gasteiger partial charge in [0.25, 0.3) is 17.0 Å². The van der Waals surface area contributed by atoms with Gasteiger partial charge in [0.2, 0.25) is 0 Å². The highest BCUT2D eigenvalue weighted by Crippen LogP contribution is 2.23. The molecule has 2 aromatic rings. The lowest BCUT2D eigenvalue weighted by Gasteiger charge is -2.15. The summed E-state index contributed by atoms with van der Waals surface area (Å²) in [5, 5.41) is 3.69. The summed E-state index contributed by atoms with van der Waals surface area (Å²) in [6.07, 6.45) is 0. The van der Waals surface area contributed by atoms with Crippen LogP contribution in [0.5, 0.6) is 0 Å². The van der Waals surface area contributed by atoms with Crippen molar-refractivity contribution in [1.82, 2.24) is 4.90 Å². The molecule has 0 aliphatic carbocycles. The molecule has 0 bridgehead atoms. The lowest BCUT2D eigenvalue weighted by Crippen LogP contribution is -2.33. The summed E-state index contributed by atoms with van der Waals surface area (Å²) in [6.45, 7) is 4.02. The maximum Gasteiger partial charge on any atom is 0.261 e. The van der Waals surface area contributed by atoms with Crippen LogP contribution in [0.3, 0.4) is 0 Å². The second kappa shape index (κ2) is 7.43. The number of amides is 2. The first-order valence-electron chi connectivity index (χ1n) is 8.03. The Hall–Kier alpha value is -2.44. The van der Waals surface area contributed by atoms with Gasteiger partial charge in [0.05, 0.1) is 17.7 Å². The number of anilines is 1. The lowest BCUT2D eigenvalue weighted by atomic mass is 10.1. The van der Waals surface area contributed by atoms with E-state index in [9.17, 15) is 9.59 Å². The van der Waals surface area contributed by atoms with Gasteiger partial charge in [0, 0.05) is 10.7 Å². The van der Waals surface area contributed by atoms with Crippen LogP contribution in [0, 0.1) is 13.8 Å². The molecule has 0 radical (unpaired) electrons. The average molecular weight is 389 g/mol. The predicted octanol–water partition coefficient (Wildman–Crippen LogP) is 3.97. The van der Waals surface area contributed by atoms with E-state index in [1.807, 2.05) is 32.0 Å². The summed E-state index contributed by atoms with van der Waals surface area (Å²) in [4.78, 5) is 25.9. The molecule has 1 N–H and O–H groups in total. The van der Waals surface area contributed by atoms with Crippen LogP contribution in [0.15, 0.2) is 36.4 Å². The van der Waals surface area contributed by atoms with Crippen LogP contribution in [0.4, 0.5) is 5.69 Å². The van der Waals surface area contributed by atoms with Crippen molar-refractivity contribution < 1.29 is 14.3 Å². The molecule has 0 atom stereocenters. The fraction of sp³-hybridized carbons (Fsp3) is 0.211. The molecule has 0 aromatic heterocycles. The zero-order valence-corrected chi connectivity index (χ0v) is 15.9. The Morgan fingerprint density at radius 3 is 2.58 bits per heavy atom. The Morgan fingerprint density at radius 2 is 1.85 bits per heavy atom. The van der Waals surface area contributed by atoms with E-state index in [-0.39, 0.29) is 30.1 Å². The van der Waals surface area contributed by atoms with Crippen molar-refractivity contribution in [2.75, 3.05) is 18.5 Å². The molecule has 1 aliphatic rings. The Bertz CT molecular complexity index is 914. The largest absolute Gasteiger partial charge is 0.469 e. The van der Waals surface area contributed by atoms with E-state index < -0.39 is 0 Å². The zero-order valence-electron chi connectivity index (χ0n) is 14.3. The van der Waals surface area contributed by atoms with E-state index in [1.54, 1.807) is 18.2 Å². The van der Waals surface area contributed by atoms with Crippen molar-refractivity contribution in [2.24, 2.45) is 0 Å². The molecule has 134 valence electrons. The van der Waals surface area contributed by atoms with Crippen LogP contribution in [0.2, 0.25) is 5.02 Å². The van der Waals surface area contributed by atoms with E-state index in [0.29, 0.717) is 21.8 Å². The number of aryl methyl sites for hydroxylation is 2. The van der Waals surface area contributed by atoms with E-state index in [2.05, 4.69) is 5.32 Å². The highest BCUT2D eigenvalue weighted by Gasteiger charge is 2.35. The molecule has 2 aromatic carbocycles. The van der Waals surface area contributed by atoms with Gasteiger partial charge in [-0.2, -0.15) is 0 Å². The smallest absolute Gasteiger partial charge is 0.261 e. The summed E-state index contributed by atoms with van der Waals surface area (Å²) >= 11 is 11.2.